The van der Waals surface area contributed by atoms with Gasteiger partial charge in [0.05, 0.1) is 7.11 Å². The van der Waals surface area contributed by atoms with Gasteiger partial charge in [-0.2, -0.15) is 0 Å². The molecule has 0 aliphatic rings. The molecule has 80 valence electrons. The lowest BCUT2D eigenvalue weighted by atomic mass is 10.0. The molecule has 1 atom stereocenters. The normalized spacial score (nSPS) is 11.7. The van der Waals surface area contributed by atoms with Crippen molar-refractivity contribution in [2.24, 2.45) is 5.73 Å². The number of nitrogens with two attached hydrogens (primary N) is 1. The van der Waals surface area contributed by atoms with Crippen LogP contribution in [-0.2, 0) is 0 Å². The Kier molecular flexibility index (Phi) is 6.16. The molecule has 0 amide bonds. The lowest BCUT2D eigenvalue weighted by Gasteiger charge is -2.13. The molecule has 0 saturated carbocycles. The summed E-state index contributed by atoms with van der Waals surface area (Å²) in [6.45, 7) is 2.06. The Morgan fingerprint density at radius 1 is 1.50 bits per heavy atom. The summed E-state index contributed by atoms with van der Waals surface area (Å²) < 4.78 is 6.25. The monoisotopic (exact) mass is 279 g/mol. The Labute approximate surface area is 99.4 Å². The summed E-state index contributed by atoms with van der Waals surface area (Å²) in [4.78, 5) is 0. The minimum absolute atomic E-state index is 0. The highest BCUT2D eigenvalue weighted by atomic mass is 79.9. The first-order chi connectivity index (χ1) is 6.19. The van der Waals surface area contributed by atoms with Crippen LogP contribution in [0.4, 0.5) is 0 Å². The van der Waals surface area contributed by atoms with Crippen molar-refractivity contribution < 1.29 is 4.74 Å². The molecule has 0 fully saturated rings. The van der Waals surface area contributed by atoms with E-state index in [1.54, 1.807) is 7.11 Å². The fourth-order valence-corrected chi connectivity index (χ4v) is 1.55. The van der Waals surface area contributed by atoms with Gasteiger partial charge in [-0.05, 0) is 18.6 Å². The van der Waals surface area contributed by atoms with Gasteiger partial charge in [0.1, 0.15) is 5.75 Å². The smallest absolute Gasteiger partial charge is 0.124 e. The van der Waals surface area contributed by atoms with Crippen molar-refractivity contribution in [1.29, 1.82) is 0 Å². The Bertz CT molecular complexity index is 293. The summed E-state index contributed by atoms with van der Waals surface area (Å²) in [5.74, 6) is 0.851. The third-order valence-corrected chi connectivity index (χ3v) is 2.53. The first kappa shape index (κ1) is 13.8. The molecule has 0 aliphatic carbocycles. The van der Waals surface area contributed by atoms with Crippen LogP contribution in [0.2, 0.25) is 0 Å². The highest BCUT2D eigenvalue weighted by Gasteiger charge is 2.09. The van der Waals surface area contributed by atoms with Crippen molar-refractivity contribution in [3.05, 3.63) is 28.2 Å². The number of methoxy groups -OCH3 is 1. The van der Waals surface area contributed by atoms with Gasteiger partial charge in [0.15, 0.2) is 0 Å². The van der Waals surface area contributed by atoms with E-state index in [4.69, 9.17) is 10.5 Å². The highest BCUT2D eigenvalue weighted by molar-refractivity contribution is 9.10. The lowest BCUT2D eigenvalue weighted by molar-refractivity contribution is 0.404. The van der Waals surface area contributed by atoms with Crippen LogP contribution in [0.15, 0.2) is 22.7 Å². The van der Waals surface area contributed by atoms with Gasteiger partial charge in [0.2, 0.25) is 0 Å². The van der Waals surface area contributed by atoms with Gasteiger partial charge >= 0.3 is 0 Å². The van der Waals surface area contributed by atoms with Gasteiger partial charge in [0, 0.05) is 16.1 Å². The number of halogens is 2. The SMILES string of the molecule is CC[C@H](N)c1ccc(Br)cc1OC.Cl. The van der Waals surface area contributed by atoms with E-state index < -0.39 is 0 Å². The number of hydrogen-bond donors (Lipinski definition) is 1. The standard InChI is InChI=1S/C10H14BrNO.ClH/c1-3-9(12)8-5-4-7(11)6-10(8)13-2;/h4-6,9H,3,12H2,1-2H3;1H/t9-;/m0./s1. The van der Waals surface area contributed by atoms with Crippen LogP contribution in [0.25, 0.3) is 0 Å². The number of ether oxygens (including phenoxy) is 1. The zero-order chi connectivity index (χ0) is 9.84. The summed E-state index contributed by atoms with van der Waals surface area (Å²) in [6, 6.07) is 5.97. The van der Waals surface area contributed by atoms with Gasteiger partial charge in [0.25, 0.3) is 0 Å². The van der Waals surface area contributed by atoms with Crippen LogP contribution in [-0.4, -0.2) is 7.11 Å². The van der Waals surface area contributed by atoms with Crippen LogP contribution in [0.1, 0.15) is 24.9 Å². The van der Waals surface area contributed by atoms with Gasteiger partial charge in [-0.15, -0.1) is 12.4 Å². The first-order valence-corrected chi connectivity index (χ1v) is 5.07. The summed E-state index contributed by atoms with van der Waals surface area (Å²) in [7, 11) is 1.66. The maximum atomic E-state index is 5.93. The molecule has 0 unspecified atom stereocenters. The number of hydrogen-bond acceptors (Lipinski definition) is 2. The molecule has 0 aliphatic heterocycles. The van der Waals surface area contributed by atoms with E-state index in [0.717, 1.165) is 22.2 Å². The molecule has 4 heteroatoms. The second kappa shape index (κ2) is 6.27. The van der Waals surface area contributed by atoms with Gasteiger partial charge < -0.3 is 10.5 Å². The summed E-state index contributed by atoms with van der Waals surface area (Å²) in [6.07, 6.45) is 0.915. The van der Waals surface area contributed by atoms with Gasteiger partial charge in [-0.3, -0.25) is 0 Å². The molecule has 2 N–H and O–H groups in total. The van der Waals surface area contributed by atoms with Crippen LogP contribution < -0.4 is 10.5 Å². The average Bonchev–Trinajstić information content (AvgIpc) is 2.16. The second-order valence-electron chi connectivity index (χ2n) is 2.90. The Morgan fingerprint density at radius 2 is 2.14 bits per heavy atom. The molecule has 0 spiro atoms. The van der Waals surface area contributed by atoms with E-state index in [1.165, 1.54) is 0 Å². The minimum Gasteiger partial charge on any atom is -0.496 e. The molecule has 0 aromatic heterocycles. The maximum absolute atomic E-state index is 5.93. The van der Waals surface area contributed by atoms with Crippen LogP contribution in [0, 0.1) is 0 Å². The molecular formula is C10H15BrClNO. The number of benzene rings is 1. The van der Waals surface area contributed by atoms with Crippen LogP contribution in [0.3, 0.4) is 0 Å². The van der Waals surface area contributed by atoms with Gasteiger partial charge in [-0.25, -0.2) is 0 Å². The van der Waals surface area contributed by atoms with E-state index in [-0.39, 0.29) is 18.4 Å². The Balaban J connectivity index is 0.00000169. The molecular weight excluding hydrogens is 265 g/mol. The summed E-state index contributed by atoms with van der Waals surface area (Å²) in [5, 5.41) is 0. The van der Waals surface area contributed by atoms with Crippen molar-refractivity contribution in [2.45, 2.75) is 19.4 Å². The quantitative estimate of drug-likeness (QED) is 0.922. The fraction of sp³-hybridized carbons (Fsp3) is 0.400. The zero-order valence-corrected chi connectivity index (χ0v) is 10.7. The Hall–Kier alpha value is -0.250. The van der Waals surface area contributed by atoms with Crippen molar-refractivity contribution in [1.82, 2.24) is 0 Å². The molecule has 0 saturated heterocycles. The maximum Gasteiger partial charge on any atom is 0.124 e. The van der Waals surface area contributed by atoms with Crippen molar-refractivity contribution >= 4 is 28.3 Å². The lowest BCUT2D eigenvalue weighted by Crippen LogP contribution is -2.09. The second-order valence-corrected chi connectivity index (χ2v) is 3.82. The fourth-order valence-electron chi connectivity index (χ4n) is 1.21. The third kappa shape index (κ3) is 3.15. The van der Waals surface area contributed by atoms with Crippen molar-refractivity contribution in [3.8, 4) is 5.75 Å². The number of rotatable bonds is 3. The van der Waals surface area contributed by atoms with E-state index >= 15 is 0 Å². The highest BCUT2D eigenvalue weighted by Crippen LogP contribution is 2.28. The molecule has 0 radical (unpaired) electrons. The van der Waals surface area contributed by atoms with Gasteiger partial charge in [-0.1, -0.05) is 28.9 Å². The average molecular weight is 281 g/mol. The van der Waals surface area contributed by atoms with Crippen LogP contribution >= 0.6 is 28.3 Å². The molecule has 1 aromatic carbocycles. The predicted molar refractivity (Wildman–Crippen MR) is 65.2 cm³/mol. The zero-order valence-electron chi connectivity index (χ0n) is 8.29. The Morgan fingerprint density at radius 3 is 2.64 bits per heavy atom. The van der Waals surface area contributed by atoms with E-state index in [2.05, 4.69) is 22.9 Å². The predicted octanol–water partition coefficient (Wildman–Crippen LogP) is 3.29. The largest absolute Gasteiger partial charge is 0.496 e. The van der Waals surface area contributed by atoms with E-state index in [0.29, 0.717) is 0 Å². The molecule has 0 heterocycles. The van der Waals surface area contributed by atoms with E-state index in [1.807, 2.05) is 18.2 Å². The third-order valence-electron chi connectivity index (χ3n) is 2.03. The van der Waals surface area contributed by atoms with Crippen LogP contribution in [0.5, 0.6) is 5.75 Å². The molecule has 1 rings (SSSR count). The molecule has 14 heavy (non-hydrogen) atoms. The first-order valence-electron chi connectivity index (χ1n) is 4.28. The minimum atomic E-state index is 0. The van der Waals surface area contributed by atoms with Crippen molar-refractivity contribution in [3.63, 3.8) is 0 Å². The topological polar surface area (TPSA) is 35.2 Å². The molecule has 0 bridgehead atoms. The summed E-state index contributed by atoms with van der Waals surface area (Å²) >= 11 is 3.39. The summed E-state index contributed by atoms with van der Waals surface area (Å²) in [5.41, 5.74) is 6.99. The molecule has 2 nitrogen and oxygen atoms in total. The van der Waals surface area contributed by atoms with E-state index in [9.17, 15) is 0 Å². The molecule has 1 aromatic rings. The van der Waals surface area contributed by atoms with Crippen molar-refractivity contribution in [2.75, 3.05) is 7.11 Å².